The lowest BCUT2D eigenvalue weighted by molar-refractivity contribution is -0.125. The number of fused-ring (bicyclic) bond motifs is 1. The number of hydrogen-bond acceptors (Lipinski definition) is 3. The third-order valence-electron chi connectivity index (χ3n) is 4.54. The van der Waals surface area contributed by atoms with Crippen LogP contribution in [0.25, 0.3) is 22.2 Å². The number of carbonyl (C=O) groups is 1. The van der Waals surface area contributed by atoms with E-state index in [0.29, 0.717) is 18.3 Å². The zero-order chi connectivity index (χ0) is 19.4. The van der Waals surface area contributed by atoms with Gasteiger partial charge in [0.05, 0.1) is 6.61 Å². The summed E-state index contributed by atoms with van der Waals surface area (Å²) in [6, 6.07) is 10.1. The molecule has 1 saturated heterocycles. The van der Waals surface area contributed by atoms with E-state index in [-0.39, 0.29) is 12.5 Å². The molecular weight excluding hydrogens is 362 g/mol. The Morgan fingerprint density at radius 3 is 2.81 bits per heavy atom. The average molecular weight is 386 g/mol. The van der Waals surface area contributed by atoms with E-state index < -0.39 is 0 Å². The van der Waals surface area contributed by atoms with Gasteiger partial charge in [0, 0.05) is 29.4 Å². The topological polar surface area (TPSA) is 58.2 Å². The molecule has 0 aliphatic carbocycles. The first kappa shape index (κ1) is 19.4. The Morgan fingerprint density at radius 2 is 2.07 bits per heavy atom. The molecule has 4 rings (SSSR count). The molecule has 1 aromatic carbocycles. The van der Waals surface area contributed by atoms with Crippen LogP contribution in [-0.4, -0.2) is 35.6 Å². The van der Waals surface area contributed by atoms with Crippen LogP contribution in [0.15, 0.2) is 36.5 Å². The molecular formula is C21H24ClN3O2. The molecule has 6 heteroatoms. The number of aromatic nitrogens is 2. The quantitative estimate of drug-likeness (QED) is 0.702. The van der Waals surface area contributed by atoms with Gasteiger partial charge in [0.25, 0.3) is 5.91 Å². The Hall–Kier alpha value is -2.37. The molecule has 0 saturated carbocycles. The maximum Gasteiger partial charge on any atom is 0.253 e. The van der Waals surface area contributed by atoms with Crippen LogP contribution < -0.4 is 4.90 Å². The number of pyridine rings is 1. The molecule has 0 bridgehead atoms. The van der Waals surface area contributed by atoms with Gasteiger partial charge in [-0.1, -0.05) is 44.5 Å². The van der Waals surface area contributed by atoms with E-state index in [0.717, 1.165) is 39.8 Å². The van der Waals surface area contributed by atoms with Crippen LogP contribution in [-0.2, 0) is 16.0 Å². The van der Waals surface area contributed by atoms with E-state index in [1.165, 1.54) is 0 Å². The van der Waals surface area contributed by atoms with Crippen molar-refractivity contribution in [3.8, 4) is 11.1 Å². The van der Waals surface area contributed by atoms with E-state index in [4.69, 9.17) is 16.3 Å². The van der Waals surface area contributed by atoms with Crippen molar-refractivity contribution in [3.63, 3.8) is 0 Å². The number of benzene rings is 1. The normalized spacial score (nSPS) is 14.2. The Balaban J connectivity index is 0.00000102. The minimum atomic E-state index is -0.0114. The van der Waals surface area contributed by atoms with Gasteiger partial charge in [0.15, 0.2) is 0 Å². The summed E-state index contributed by atoms with van der Waals surface area (Å²) in [6.45, 7) is 7.35. The molecule has 2 aromatic heterocycles. The molecule has 1 N–H and O–H groups in total. The molecule has 3 aromatic rings. The van der Waals surface area contributed by atoms with Gasteiger partial charge in [-0.3, -0.25) is 4.79 Å². The van der Waals surface area contributed by atoms with Crippen molar-refractivity contribution in [1.82, 2.24) is 9.97 Å². The Morgan fingerprint density at radius 1 is 1.26 bits per heavy atom. The summed E-state index contributed by atoms with van der Waals surface area (Å²) in [6.07, 6.45) is 2.67. The van der Waals surface area contributed by atoms with Crippen LogP contribution >= 0.6 is 11.6 Å². The Labute approximate surface area is 164 Å². The molecule has 1 aliphatic rings. The number of halogens is 1. The second-order valence-electron chi connectivity index (χ2n) is 6.04. The maximum absolute atomic E-state index is 12.1. The number of ether oxygens (including phenoxy) is 1. The molecule has 1 fully saturated rings. The van der Waals surface area contributed by atoms with Crippen LogP contribution in [0, 0.1) is 0 Å². The third-order valence-corrected chi connectivity index (χ3v) is 4.86. The highest BCUT2D eigenvalue weighted by atomic mass is 35.5. The molecule has 0 spiro atoms. The molecule has 0 unspecified atom stereocenters. The lowest BCUT2D eigenvalue weighted by atomic mass is 10.0. The van der Waals surface area contributed by atoms with E-state index in [1.807, 2.05) is 44.3 Å². The lowest BCUT2D eigenvalue weighted by Crippen LogP contribution is -2.41. The summed E-state index contributed by atoms with van der Waals surface area (Å²) in [7, 11) is 0. The molecule has 142 valence electrons. The lowest BCUT2D eigenvalue weighted by Gasteiger charge is -2.27. The second-order valence-corrected chi connectivity index (χ2v) is 6.42. The highest BCUT2D eigenvalue weighted by molar-refractivity contribution is 6.31. The minimum absolute atomic E-state index is 0.0114. The van der Waals surface area contributed by atoms with Crippen LogP contribution in [0.3, 0.4) is 0 Å². The fourth-order valence-electron chi connectivity index (χ4n) is 3.24. The summed E-state index contributed by atoms with van der Waals surface area (Å²) < 4.78 is 5.21. The molecule has 5 nitrogen and oxygen atoms in total. The number of aryl methyl sites for hydroxylation is 1. The van der Waals surface area contributed by atoms with Gasteiger partial charge in [0.2, 0.25) is 0 Å². The van der Waals surface area contributed by atoms with Crippen molar-refractivity contribution in [3.05, 3.63) is 47.2 Å². The van der Waals surface area contributed by atoms with Gasteiger partial charge < -0.3 is 14.6 Å². The number of carbonyl (C=O) groups excluding carboxylic acids is 1. The summed E-state index contributed by atoms with van der Waals surface area (Å²) in [5, 5.41) is 1.69. The maximum atomic E-state index is 12.1. The first-order valence-corrected chi connectivity index (χ1v) is 9.70. The van der Waals surface area contributed by atoms with Crippen molar-refractivity contribution in [2.75, 3.05) is 24.7 Å². The van der Waals surface area contributed by atoms with E-state index in [9.17, 15) is 4.79 Å². The van der Waals surface area contributed by atoms with Gasteiger partial charge in [-0.05, 0) is 35.7 Å². The van der Waals surface area contributed by atoms with Crippen molar-refractivity contribution < 1.29 is 9.53 Å². The SMILES string of the molecule is CC.CCc1c(Cl)[nH]c2ncc(-c3cccc(N4CCOCC4=O)c3)cc12. The van der Waals surface area contributed by atoms with E-state index >= 15 is 0 Å². The highest BCUT2D eigenvalue weighted by Crippen LogP contribution is 2.31. The predicted molar refractivity (Wildman–Crippen MR) is 110 cm³/mol. The van der Waals surface area contributed by atoms with Gasteiger partial charge >= 0.3 is 0 Å². The van der Waals surface area contributed by atoms with Crippen LogP contribution in [0.4, 0.5) is 5.69 Å². The highest BCUT2D eigenvalue weighted by Gasteiger charge is 2.20. The van der Waals surface area contributed by atoms with Gasteiger partial charge in [-0.25, -0.2) is 4.98 Å². The summed E-state index contributed by atoms with van der Waals surface area (Å²) >= 11 is 6.26. The molecule has 27 heavy (non-hydrogen) atoms. The standard InChI is InChI=1S/C19H18ClN3O2.C2H6/c1-2-15-16-9-13(10-21-19(16)22-18(15)20)12-4-3-5-14(8-12)23-6-7-25-11-17(23)24;1-2/h3-5,8-10H,2,6-7,11H2,1H3,(H,21,22);1-2H3. The summed E-state index contributed by atoms with van der Waals surface area (Å²) in [5.74, 6) is -0.0114. The zero-order valence-electron chi connectivity index (χ0n) is 15.9. The number of morpholine rings is 1. The Bertz CT molecular complexity index is 952. The van der Waals surface area contributed by atoms with Gasteiger partial charge in [-0.15, -0.1) is 0 Å². The largest absolute Gasteiger partial charge is 0.370 e. The molecule has 3 heterocycles. The van der Waals surface area contributed by atoms with Gasteiger partial charge in [-0.2, -0.15) is 0 Å². The van der Waals surface area contributed by atoms with E-state index in [2.05, 4.69) is 23.0 Å². The fourth-order valence-corrected chi connectivity index (χ4v) is 3.56. The summed E-state index contributed by atoms with van der Waals surface area (Å²) in [4.78, 5) is 21.5. The number of nitrogens with one attached hydrogen (secondary N) is 1. The number of anilines is 1. The smallest absolute Gasteiger partial charge is 0.253 e. The van der Waals surface area contributed by atoms with Crippen molar-refractivity contribution in [2.24, 2.45) is 0 Å². The van der Waals surface area contributed by atoms with E-state index in [1.54, 1.807) is 4.90 Å². The number of hydrogen-bond donors (Lipinski definition) is 1. The van der Waals surface area contributed by atoms with Crippen LogP contribution in [0.5, 0.6) is 0 Å². The molecule has 1 aliphatic heterocycles. The molecule has 0 atom stereocenters. The Kier molecular flexibility index (Phi) is 6.14. The summed E-state index contributed by atoms with van der Waals surface area (Å²) in [5.41, 5.74) is 4.77. The first-order valence-electron chi connectivity index (χ1n) is 9.32. The molecule has 0 radical (unpaired) electrons. The number of H-pyrrole nitrogens is 1. The van der Waals surface area contributed by atoms with Gasteiger partial charge in [0.1, 0.15) is 17.4 Å². The van der Waals surface area contributed by atoms with Crippen LogP contribution in [0.1, 0.15) is 26.3 Å². The third kappa shape index (κ3) is 3.84. The van der Waals surface area contributed by atoms with Crippen molar-refractivity contribution in [2.45, 2.75) is 27.2 Å². The zero-order valence-corrected chi connectivity index (χ0v) is 16.6. The monoisotopic (exact) mass is 385 g/mol. The predicted octanol–water partition coefficient (Wildman–Crippen LogP) is 4.84. The number of aromatic amines is 1. The van der Waals surface area contributed by atoms with Crippen LogP contribution in [0.2, 0.25) is 5.15 Å². The second kappa shape index (κ2) is 8.55. The first-order chi connectivity index (χ1) is 13.2. The minimum Gasteiger partial charge on any atom is -0.370 e. The number of rotatable bonds is 3. The number of amides is 1. The van der Waals surface area contributed by atoms with Crippen molar-refractivity contribution >= 4 is 34.2 Å². The fraction of sp³-hybridized carbons (Fsp3) is 0.333. The molecule has 1 amide bonds. The number of nitrogens with zero attached hydrogens (tertiary/aromatic N) is 2. The van der Waals surface area contributed by atoms with Crippen molar-refractivity contribution in [1.29, 1.82) is 0 Å². The average Bonchev–Trinajstić information content (AvgIpc) is 3.04.